The molecule has 10 heteroatoms. The van der Waals surface area contributed by atoms with Crippen molar-refractivity contribution in [2.75, 3.05) is 26.0 Å². The molecular formula is C18H18N7O3+. The molecule has 4 rings (SSSR count). The minimum Gasteiger partial charge on any atom is -0.323 e. The third-order valence-corrected chi connectivity index (χ3v) is 4.70. The van der Waals surface area contributed by atoms with Gasteiger partial charge in [-0.2, -0.15) is 5.10 Å². The van der Waals surface area contributed by atoms with Gasteiger partial charge in [-0.25, -0.2) is 9.37 Å². The number of aliphatic imine (C=N–C) groups is 1. The van der Waals surface area contributed by atoms with Crippen LogP contribution < -0.4 is 5.32 Å². The van der Waals surface area contributed by atoms with E-state index in [1.807, 2.05) is 18.2 Å². The summed E-state index contributed by atoms with van der Waals surface area (Å²) >= 11 is 0. The number of carbonyl (C=O) groups is 3. The van der Waals surface area contributed by atoms with Crippen LogP contribution in [0.2, 0.25) is 0 Å². The number of aromatic amines is 1. The van der Waals surface area contributed by atoms with Crippen molar-refractivity contribution in [3.8, 4) is 11.3 Å². The number of hydrogen-bond donors (Lipinski definition) is 2. The molecule has 1 saturated heterocycles. The Bertz CT molecular complexity index is 1010. The third-order valence-electron chi connectivity index (χ3n) is 4.70. The van der Waals surface area contributed by atoms with E-state index in [-0.39, 0.29) is 12.5 Å². The van der Waals surface area contributed by atoms with Gasteiger partial charge in [0.2, 0.25) is 0 Å². The average Bonchev–Trinajstić information content (AvgIpc) is 3.35. The predicted molar refractivity (Wildman–Crippen MR) is 101 cm³/mol. The Balaban J connectivity index is 1.42. The van der Waals surface area contributed by atoms with Gasteiger partial charge in [0.15, 0.2) is 6.54 Å². The van der Waals surface area contributed by atoms with Crippen LogP contribution in [0.3, 0.4) is 0 Å². The molecule has 0 saturated carbocycles. The summed E-state index contributed by atoms with van der Waals surface area (Å²) in [6, 6.07) is 7.94. The lowest BCUT2D eigenvalue weighted by Crippen LogP contribution is -2.61. The van der Waals surface area contributed by atoms with Gasteiger partial charge in [0.25, 0.3) is 30.0 Å². The van der Waals surface area contributed by atoms with E-state index in [0.29, 0.717) is 11.5 Å². The Labute approximate surface area is 160 Å². The van der Waals surface area contributed by atoms with Crippen molar-refractivity contribution in [2.45, 2.75) is 6.04 Å². The number of likely N-dealkylation sites (N-methyl/N-ethyl adjacent to an activating group) is 2. The third kappa shape index (κ3) is 2.94. The molecule has 0 radical (unpaired) electrons. The molecule has 4 amide bonds. The molecule has 1 atom stereocenters. The maximum absolute atomic E-state index is 12.5. The fraction of sp³-hybridized carbons (Fsp3) is 0.222. The van der Waals surface area contributed by atoms with E-state index in [1.54, 1.807) is 25.4 Å². The van der Waals surface area contributed by atoms with E-state index in [0.717, 1.165) is 16.2 Å². The molecule has 28 heavy (non-hydrogen) atoms. The molecule has 0 spiro atoms. The van der Waals surface area contributed by atoms with Crippen LogP contribution in [0.15, 0.2) is 41.5 Å². The van der Waals surface area contributed by atoms with Crippen molar-refractivity contribution in [2.24, 2.45) is 4.99 Å². The summed E-state index contributed by atoms with van der Waals surface area (Å²) in [7, 11) is 2.96. The maximum Gasteiger partial charge on any atom is 0.333 e. The molecule has 2 N–H and O–H groups in total. The summed E-state index contributed by atoms with van der Waals surface area (Å²) in [6.07, 6.45) is 3.09. The fourth-order valence-electron chi connectivity index (χ4n) is 3.19. The van der Waals surface area contributed by atoms with Crippen LogP contribution in [-0.2, 0) is 9.59 Å². The lowest BCUT2D eigenvalue weighted by atomic mass is 10.1. The number of anilines is 1. The van der Waals surface area contributed by atoms with Crippen molar-refractivity contribution in [1.82, 2.24) is 20.0 Å². The summed E-state index contributed by atoms with van der Waals surface area (Å²) in [5.74, 6) is -0.380. The summed E-state index contributed by atoms with van der Waals surface area (Å²) in [5.41, 5.74) is 2.46. The molecule has 1 unspecified atom stereocenters. The molecule has 10 nitrogen and oxygen atoms in total. The van der Waals surface area contributed by atoms with Crippen LogP contribution in [0.25, 0.3) is 11.3 Å². The van der Waals surface area contributed by atoms with Crippen molar-refractivity contribution >= 4 is 35.7 Å². The van der Waals surface area contributed by atoms with Crippen LogP contribution in [0.1, 0.15) is 0 Å². The molecular weight excluding hydrogens is 362 g/mol. The molecule has 142 valence electrons. The second kappa shape index (κ2) is 6.72. The van der Waals surface area contributed by atoms with Gasteiger partial charge in [-0.1, -0.05) is 12.1 Å². The summed E-state index contributed by atoms with van der Waals surface area (Å²) < 4.78 is 1.52. The van der Waals surface area contributed by atoms with Crippen molar-refractivity contribution in [1.29, 1.82) is 0 Å². The maximum atomic E-state index is 12.5. The monoisotopic (exact) mass is 380 g/mol. The summed E-state index contributed by atoms with van der Waals surface area (Å²) in [6.45, 7) is -0.0679. The van der Waals surface area contributed by atoms with Crippen LogP contribution in [0.4, 0.5) is 10.5 Å². The number of nitrogens with zero attached hydrogens (tertiary/aromatic N) is 5. The average molecular weight is 380 g/mol. The fourth-order valence-corrected chi connectivity index (χ4v) is 3.19. The molecule has 0 aliphatic carbocycles. The number of amidine groups is 1. The van der Waals surface area contributed by atoms with Crippen molar-refractivity contribution < 1.29 is 19.0 Å². The van der Waals surface area contributed by atoms with E-state index in [2.05, 4.69) is 20.5 Å². The quantitative estimate of drug-likeness (QED) is 0.746. The van der Waals surface area contributed by atoms with Crippen LogP contribution in [0, 0.1) is 0 Å². The van der Waals surface area contributed by atoms with Gasteiger partial charge in [-0.05, 0) is 28.8 Å². The van der Waals surface area contributed by atoms with E-state index in [4.69, 9.17) is 0 Å². The zero-order chi connectivity index (χ0) is 19.8. The van der Waals surface area contributed by atoms with Crippen LogP contribution in [0.5, 0.6) is 0 Å². The molecule has 1 aromatic carbocycles. The number of nitrogens with one attached hydrogen (secondary N) is 2. The Hall–Kier alpha value is -3.82. The highest BCUT2D eigenvalue weighted by atomic mass is 16.2. The van der Waals surface area contributed by atoms with Crippen molar-refractivity contribution in [3.05, 3.63) is 36.5 Å². The Morgan fingerprint density at radius 1 is 1.18 bits per heavy atom. The van der Waals surface area contributed by atoms with E-state index >= 15 is 0 Å². The number of amides is 4. The van der Waals surface area contributed by atoms with Crippen molar-refractivity contribution in [3.63, 3.8) is 0 Å². The Morgan fingerprint density at radius 2 is 1.93 bits per heavy atom. The Kier molecular flexibility index (Phi) is 4.22. The van der Waals surface area contributed by atoms with Gasteiger partial charge in [-0.3, -0.25) is 24.5 Å². The number of urea groups is 1. The molecule has 3 heterocycles. The highest BCUT2D eigenvalue weighted by Crippen LogP contribution is 2.19. The number of imide groups is 1. The highest BCUT2D eigenvalue weighted by molar-refractivity contribution is 6.21. The topological polar surface area (TPSA) is 114 Å². The molecule has 2 aliphatic rings. The van der Waals surface area contributed by atoms with Gasteiger partial charge in [0.05, 0.1) is 5.69 Å². The number of rotatable bonds is 4. The lowest BCUT2D eigenvalue weighted by molar-refractivity contribution is -0.519. The van der Waals surface area contributed by atoms with Crippen LogP contribution >= 0.6 is 0 Å². The van der Waals surface area contributed by atoms with Gasteiger partial charge in [-0.15, -0.1) is 0 Å². The zero-order valence-electron chi connectivity index (χ0n) is 15.3. The minimum absolute atomic E-state index is 0.0679. The highest BCUT2D eigenvalue weighted by Gasteiger charge is 2.50. The normalized spacial score (nSPS) is 18.7. The van der Waals surface area contributed by atoms with E-state index in [9.17, 15) is 14.4 Å². The number of benzene rings is 1. The van der Waals surface area contributed by atoms with Gasteiger partial charge in [0.1, 0.15) is 0 Å². The number of fused-ring (bicyclic) bond motifs is 1. The second-order valence-electron chi connectivity index (χ2n) is 6.51. The largest absolute Gasteiger partial charge is 0.333 e. The first-order chi connectivity index (χ1) is 13.5. The lowest BCUT2D eigenvalue weighted by Gasteiger charge is -2.30. The molecule has 0 bridgehead atoms. The Morgan fingerprint density at radius 3 is 2.61 bits per heavy atom. The SMILES string of the molecule is CN1C(=O)C2C(=NC=[N+]2CC(=O)Nc2ccc(-c3ccn[nH]3)cc2)N(C)C1=O. The van der Waals surface area contributed by atoms with E-state index < -0.39 is 18.0 Å². The summed E-state index contributed by atoms with van der Waals surface area (Å²) in [4.78, 5) is 43.4. The molecule has 2 aliphatic heterocycles. The smallest absolute Gasteiger partial charge is 0.323 e. The number of H-pyrrole nitrogens is 1. The zero-order valence-corrected chi connectivity index (χ0v) is 15.3. The minimum atomic E-state index is -0.777. The number of hydrogen-bond acceptors (Lipinski definition) is 5. The molecule has 1 aromatic heterocycles. The first kappa shape index (κ1) is 17.6. The van der Waals surface area contributed by atoms with E-state index in [1.165, 1.54) is 22.9 Å². The van der Waals surface area contributed by atoms with Crippen LogP contribution in [-0.4, -0.2) is 81.3 Å². The van der Waals surface area contributed by atoms with Gasteiger partial charge in [0, 0.05) is 26.0 Å². The second-order valence-corrected chi connectivity index (χ2v) is 6.51. The predicted octanol–water partition coefficient (Wildman–Crippen LogP) is 0.361. The number of aromatic nitrogens is 2. The first-order valence-corrected chi connectivity index (χ1v) is 8.57. The molecule has 2 aromatic rings. The van der Waals surface area contributed by atoms with Gasteiger partial charge < -0.3 is 5.32 Å². The standard InChI is InChI=1S/C18H17N7O3/c1-23-16-15(17(27)24(2)18(23)28)25(10-19-16)9-14(26)21-12-5-3-11(4-6-12)13-7-8-20-22-13/h3-8,10,15H,9H2,1-2H3,(H-,20,21,22,26)/p+1. The first-order valence-electron chi connectivity index (χ1n) is 8.57. The number of carbonyl (C=O) groups excluding carboxylic acids is 3. The summed E-state index contributed by atoms with van der Waals surface area (Å²) in [5, 5.41) is 9.59. The molecule has 1 fully saturated rings. The van der Waals surface area contributed by atoms with Gasteiger partial charge >= 0.3 is 6.03 Å².